The predicted octanol–water partition coefficient (Wildman–Crippen LogP) is 3.58. The molecule has 0 spiro atoms. The minimum absolute atomic E-state index is 0.130. The van der Waals surface area contributed by atoms with Crippen LogP contribution in [0.2, 0.25) is 0 Å². The predicted molar refractivity (Wildman–Crippen MR) is 73.7 cm³/mol. The summed E-state index contributed by atoms with van der Waals surface area (Å²) in [4.78, 5) is 24.9. The van der Waals surface area contributed by atoms with Gasteiger partial charge in [-0.25, -0.2) is 4.79 Å². The van der Waals surface area contributed by atoms with Crippen molar-refractivity contribution < 1.29 is 24.8 Å². The minimum Gasteiger partial charge on any atom is -0.481 e. The molecule has 0 aromatic heterocycles. The van der Waals surface area contributed by atoms with Gasteiger partial charge in [-0.15, -0.1) is 0 Å². The summed E-state index contributed by atoms with van der Waals surface area (Å²) >= 11 is 0. The van der Waals surface area contributed by atoms with Crippen molar-refractivity contribution in [1.29, 1.82) is 0 Å². The van der Waals surface area contributed by atoms with E-state index in [1.807, 2.05) is 34.6 Å². The molecule has 0 saturated carbocycles. The molecule has 0 aromatic rings. The molecular formula is C14H28O5. The molecule has 0 saturated heterocycles. The van der Waals surface area contributed by atoms with Crippen molar-refractivity contribution in [2.45, 2.75) is 61.3 Å². The zero-order chi connectivity index (χ0) is 15.9. The molecule has 5 heteroatoms. The number of hydrogen-bond acceptors (Lipinski definition) is 4. The topological polar surface area (TPSA) is 83.8 Å². The van der Waals surface area contributed by atoms with Crippen LogP contribution in [0.4, 0.5) is 0 Å². The Labute approximate surface area is 115 Å². The Kier molecular flexibility index (Phi) is 8.67. The van der Waals surface area contributed by atoms with Crippen LogP contribution in [-0.2, 0) is 14.5 Å². The first-order chi connectivity index (χ1) is 8.45. The highest BCUT2D eigenvalue weighted by Crippen LogP contribution is 2.38. The third-order valence-electron chi connectivity index (χ3n) is 3.80. The van der Waals surface area contributed by atoms with Crippen LogP contribution in [0.5, 0.6) is 0 Å². The van der Waals surface area contributed by atoms with Crippen molar-refractivity contribution in [2.75, 3.05) is 0 Å². The van der Waals surface area contributed by atoms with Gasteiger partial charge in [0, 0.05) is 0 Å². The lowest BCUT2D eigenvalue weighted by molar-refractivity contribution is -0.248. The Morgan fingerprint density at radius 2 is 1.42 bits per heavy atom. The van der Waals surface area contributed by atoms with E-state index >= 15 is 0 Å². The molecule has 0 heterocycles. The van der Waals surface area contributed by atoms with Crippen molar-refractivity contribution in [3.8, 4) is 0 Å². The molecule has 0 aliphatic heterocycles. The molecule has 0 aromatic carbocycles. The number of carbonyl (C=O) groups excluding carboxylic acids is 1. The van der Waals surface area contributed by atoms with Gasteiger partial charge in [0.05, 0.1) is 11.3 Å². The Morgan fingerprint density at radius 1 is 1.05 bits per heavy atom. The summed E-state index contributed by atoms with van der Waals surface area (Å²) in [6.07, 6.45) is 1.48. The van der Waals surface area contributed by atoms with Gasteiger partial charge in [0.1, 0.15) is 0 Å². The Bertz CT molecular complexity index is 285. The van der Waals surface area contributed by atoms with E-state index in [1.165, 1.54) is 0 Å². The SMILES string of the molecule is CC(C)(C)C(C)(C)C(=O)OO.CCC(CC)C(=O)O. The summed E-state index contributed by atoms with van der Waals surface area (Å²) in [5.74, 6) is -1.39. The first kappa shape index (κ1) is 20.2. The molecular weight excluding hydrogens is 248 g/mol. The van der Waals surface area contributed by atoms with Gasteiger partial charge in [-0.05, 0) is 32.1 Å². The van der Waals surface area contributed by atoms with Gasteiger partial charge in [-0.2, -0.15) is 5.26 Å². The van der Waals surface area contributed by atoms with E-state index in [-0.39, 0.29) is 11.3 Å². The average molecular weight is 276 g/mol. The second-order valence-electron chi connectivity index (χ2n) is 6.11. The normalized spacial score (nSPS) is 11.6. The molecule has 0 amide bonds. The molecule has 19 heavy (non-hydrogen) atoms. The Hall–Kier alpha value is -1.10. The van der Waals surface area contributed by atoms with Crippen molar-refractivity contribution in [2.24, 2.45) is 16.7 Å². The van der Waals surface area contributed by atoms with Gasteiger partial charge < -0.3 is 9.99 Å². The highest BCUT2D eigenvalue weighted by atomic mass is 17.1. The summed E-state index contributed by atoms with van der Waals surface area (Å²) in [5, 5.41) is 16.6. The summed E-state index contributed by atoms with van der Waals surface area (Å²) in [5.41, 5.74) is -0.880. The maximum absolute atomic E-state index is 11.0. The lowest BCUT2D eigenvalue weighted by Gasteiger charge is -2.34. The van der Waals surface area contributed by atoms with Crippen molar-refractivity contribution >= 4 is 11.9 Å². The minimum atomic E-state index is -0.671. The van der Waals surface area contributed by atoms with E-state index in [4.69, 9.17) is 10.4 Å². The van der Waals surface area contributed by atoms with E-state index in [9.17, 15) is 9.59 Å². The molecule has 0 aliphatic rings. The molecule has 2 N–H and O–H groups in total. The van der Waals surface area contributed by atoms with E-state index in [1.54, 1.807) is 13.8 Å². The molecule has 0 radical (unpaired) electrons. The van der Waals surface area contributed by atoms with E-state index in [0.29, 0.717) is 0 Å². The van der Waals surface area contributed by atoms with E-state index in [0.717, 1.165) is 12.8 Å². The zero-order valence-electron chi connectivity index (χ0n) is 13.1. The summed E-state index contributed by atoms with van der Waals surface area (Å²) < 4.78 is 0. The first-order valence-electron chi connectivity index (χ1n) is 6.54. The molecule has 5 nitrogen and oxygen atoms in total. The van der Waals surface area contributed by atoms with Gasteiger partial charge in [-0.1, -0.05) is 34.6 Å². The van der Waals surface area contributed by atoms with Gasteiger partial charge in [-0.3, -0.25) is 4.79 Å². The average Bonchev–Trinajstić information content (AvgIpc) is 2.28. The number of hydrogen-bond donors (Lipinski definition) is 2. The number of carboxylic acids is 1. The van der Waals surface area contributed by atoms with Crippen LogP contribution >= 0.6 is 0 Å². The van der Waals surface area contributed by atoms with Crippen LogP contribution in [0.25, 0.3) is 0 Å². The van der Waals surface area contributed by atoms with Crippen molar-refractivity contribution in [3.63, 3.8) is 0 Å². The van der Waals surface area contributed by atoms with Crippen LogP contribution in [0, 0.1) is 16.7 Å². The summed E-state index contributed by atoms with van der Waals surface area (Å²) in [7, 11) is 0. The number of carboxylic acid groups (broad SMARTS) is 1. The van der Waals surface area contributed by atoms with E-state index < -0.39 is 17.4 Å². The van der Waals surface area contributed by atoms with E-state index in [2.05, 4.69) is 4.89 Å². The monoisotopic (exact) mass is 276 g/mol. The van der Waals surface area contributed by atoms with Crippen LogP contribution in [0.3, 0.4) is 0 Å². The molecule has 0 fully saturated rings. The maximum atomic E-state index is 11.0. The summed E-state index contributed by atoms with van der Waals surface area (Å²) in [6.45, 7) is 13.0. The van der Waals surface area contributed by atoms with Gasteiger partial charge in [0.2, 0.25) is 0 Å². The Morgan fingerprint density at radius 3 is 1.47 bits per heavy atom. The second kappa shape index (κ2) is 8.15. The van der Waals surface area contributed by atoms with Crippen LogP contribution in [0.15, 0.2) is 0 Å². The zero-order valence-corrected chi connectivity index (χ0v) is 13.1. The van der Waals surface area contributed by atoms with Crippen molar-refractivity contribution in [1.82, 2.24) is 0 Å². The lowest BCUT2D eigenvalue weighted by atomic mass is 9.69. The van der Waals surface area contributed by atoms with Crippen LogP contribution in [-0.4, -0.2) is 22.3 Å². The van der Waals surface area contributed by atoms with Crippen LogP contribution in [0.1, 0.15) is 61.3 Å². The fourth-order valence-corrected chi connectivity index (χ4v) is 1.06. The smallest absolute Gasteiger partial charge is 0.348 e. The number of carbonyl (C=O) groups is 2. The van der Waals surface area contributed by atoms with Crippen LogP contribution < -0.4 is 0 Å². The highest BCUT2D eigenvalue weighted by molar-refractivity contribution is 5.76. The fourth-order valence-electron chi connectivity index (χ4n) is 1.06. The number of rotatable bonds is 4. The molecule has 0 aliphatic carbocycles. The molecule has 114 valence electrons. The third-order valence-corrected chi connectivity index (χ3v) is 3.80. The fraction of sp³-hybridized carbons (Fsp3) is 0.857. The third kappa shape index (κ3) is 6.57. The summed E-state index contributed by atoms with van der Waals surface area (Å²) in [6, 6.07) is 0. The molecule has 0 rings (SSSR count). The standard InChI is InChI=1S/C8H16O3.C6H12O2/c1-7(2,3)8(4,5)6(9)11-10;1-3-5(4-2)6(7)8/h10H,1-5H3;5H,3-4H2,1-2H3,(H,7,8). The number of aliphatic carboxylic acids is 1. The molecule has 0 atom stereocenters. The van der Waals surface area contributed by atoms with Gasteiger partial charge in [0.15, 0.2) is 0 Å². The maximum Gasteiger partial charge on any atom is 0.348 e. The van der Waals surface area contributed by atoms with Gasteiger partial charge in [0.25, 0.3) is 0 Å². The first-order valence-corrected chi connectivity index (χ1v) is 6.54. The largest absolute Gasteiger partial charge is 0.481 e. The molecule has 0 bridgehead atoms. The Balaban J connectivity index is 0. The second-order valence-corrected chi connectivity index (χ2v) is 6.11. The van der Waals surface area contributed by atoms with Crippen molar-refractivity contribution in [3.05, 3.63) is 0 Å². The quantitative estimate of drug-likeness (QED) is 0.605. The van der Waals surface area contributed by atoms with Gasteiger partial charge >= 0.3 is 11.9 Å². The lowest BCUT2D eigenvalue weighted by Crippen LogP contribution is -2.38. The highest BCUT2D eigenvalue weighted by Gasteiger charge is 2.41. The molecule has 0 unspecified atom stereocenters.